The minimum absolute atomic E-state index is 0.0966. The lowest BCUT2D eigenvalue weighted by atomic mass is 9.93. The number of nitrogens with two attached hydrogens (primary N) is 1. The van der Waals surface area contributed by atoms with E-state index in [1.54, 1.807) is 26.0 Å². The van der Waals surface area contributed by atoms with Crippen molar-refractivity contribution < 1.29 is 18.7 Å². The van der Waals surface area contributed by atoms with Gasteiger partial charge in [0, 0.05) is 18.6 Å². The molecule has 0 saturated carbocycles. The van der Waals surface area contributed by atoms with Gasteiger partial charge in [-0.2, -0.15) is 5.26 Å². The third-order valence-corrected chi connectivity index (χ3v) is 4.22. The molecule has 0 aliphatic carbocycles. The van der Waals surface area contributed by atoms with Crippen molar-refractivity contribution in [3.63, 3.8) is 0 Å². The second-order valence-electron chi connectivity index (χ2n) is 5.83. The number of nitrogen functional groups attached to an aromatic ring is 1. The minimum atomic E-state index is -0.443. The van der Waals surface area contributed by atoms with Crippen LogP contribution in [0.25, 0.3) is 11.5 Å². The number of carbonyl (C=O) groups excluding carboxylic acids is 1. The summed E-state index contributed by atoms with van der Waals surface area (Å²) in [4.78, 5) is 16.2. The molecule has 2 aromatic heterocycles. The number of carbonyl (C=O) groups is 1. The minimum Gasteiger partial charge on any atom is -0.462 e. The standard InChI is InChI=1S/C18H19N3O4/c1-3-24-18(22)12-7-16(25-10(12)2)15-6-13(11-4-5-23-9-11)14(8-19)17(20)21-15/h6-7,11H,3-5,9H2,1-2H3,(H2,20,21)/t11-/m1/s1. The Bertz CT molecular complexity index is 845. The van der Waals surface area contributed by atoms with Gasteiger partial charge in [0.05, 0.1) is 18.8 Å². The number of nitriles is 1. The van der Waals surface area contributed by atoms with Gasteiger partial charge in [-0.05, 0) is 31.9 Å². The Kier molecular flexibility index (Phi) is 4.72. The van der Waals surface area contributed by atoms with Gasteiger partial charge in [-0.3, -0.25) is 0 Å². The topological polar surface area (TPSA) is 111 Å². The van der Waals surface area contributed by atoms with Crippen LogP contribution in [0.5, 0.6) is 0 Å². The summed E-state index contributed by atoms with van der Waals surface area (Å²) < 4.78 is 16.1. The first-order valence-electron chi connectivity index (χ1n) is 8.11. The molecule has 0 radical (unpaired) electrons. The summed E-state index contributed by atoms with van der Waals surface area (Å²) in [6.07, 6.45) is 0.822. The highest BCUT2D eigenvalue weighted by Gasteiger charge is 2.25. The maximum absolute atomic E-state index is 12.0. The maximum Gasteiger partial charge on any atom is 0.341 e. The van der Waals surface area contributed by atoms with Crippen molar-refractivity contribution in [1.29, 1.82) is 5.26 Å². The first-order chi connectivity index (χ1) is 12.0. The average molecular weight is 341 g/mol. The highest BCUT2D eigenvalue weighted by Crippen LogP contribution is 2.34. The van der Waals surface area contributed by atoms with Gasteiger partial charge in [0.15, 0.2) is 5.76 Å². The predicted octanol–water partition coefficient (Wildman–Crippen LogP) is 2.78. The van der Waals surface area contributed by atoms with Crippen LogP contribution in [-0.2, 0) is 9.47 Å². The van der Waals surface area contributed by atoms with Crippen LogP contribution in [0, 0.1) is 18.3 Å². The number of pyridine rings is 1. The molecule has 0 aromatic carbocycles. The SMILES string of the molecule is CCOC(=O)c1cc(-c2cc([C@@H]3CCOC3)c(C#N)c(N)n2)oc1C. The van der Waals surface area contributed by atoms with Crippen LogP contribution in [0.15, 0.2) is 16.5 Å². The van der Waals surface area contributed by atoms with E-state index in [1.807, 2.05) is 0 Å². The zero-order chi connectivity index (χ0) is 18.0. The van der Waals surface area contributed by atoms with Crippen LogP contribution in [0.1, 0.15) is 46.5 Å². The normalized spacial score (nSPS) is 16.6. The van der Waals surface area contributed by atoms with Gasteiger partial charge >= 0.3 is 5.97 Å². The molecule has 1 atom stereocenters. The number of esters is 1. The van der Waals surface area contributed by atoms with Crippen molar-refractivity contribution in [2.75, 3.05) is 25.6 Å². The van der Waals surface area contributed by atoms with Crippen LogP contribution >= 0.6 is 0 Å². The molecule has 25 heavy (non-hydrogen) atoms. The second-order valence-corrected chi connectivity index (χ2v) is 5.83. The van der Waals surface area contributed by atoms with Gasteiger partial charge in [0.2, 0.25) is 0 Å². The Morgan fingerprint density at radius 3 is 2.96 bits per heavy atom. The van der Waals surface area contributed by atoms with Gasteiger partial charge in [0.25, 0.3) is 0 Å². The number of aromatic nitrogens is 1. The lowest BCUT2D eigenvalue weighted by molar-refractivity contribution is 0.0524. The molecule has 3 heterocycles. The summed E-state index contributed by atoms with van der Waals surface area (Å²) >= 11 is 0. The summed E-state index contributed by atoms with van der Waals surface area (Å²) in [7, 11) is 0. The van der Waals surface area contributed by atoms with Gasteiger partial charge in [-0.1, -0.05) is 0 Å². The van der Waals surface area contributed by atoms with Crippen LogP contribution < -0.4 is 5.73 Å². The lowest BCUT2D eigenvalue weighted by Crippen LogP contribution is -2.06. The average Bonchev–Trinajstić information content (AvgIpc) is 3.24. The first-order valence-corrected chi connectivity index (χ1v) is 8.11. The molecule has 0 amide bonds. The first kappa shape index (κ1) is 17.0. The summed E-state index contributed by atoms with van der Waals surface area (Å²) in [5, 5.41) is 9.41. The molecule has 1 fully saturated rings. The number of anilines is 1. The quantitative estimate of drug-likeness (QED) is 0.851. The molecule has 3 rings (SSSR count). The third-order valence-electron chi connectivity index (χ3n) is 4.22. The number of ether oxygens (including phenoxy) is 2. The predicted molar refractivity (Wildman–Crippen MR) is 89.9 cm³/mol. The van der Waals surface area contributed by atoms with Crippen molar-refractivity contribution in [3.8, 4) is 17.5 Å². The van der Waals surface area contributed by atoms with E-state index in [1.165, 1.54) is 0 Å². The molecular weight excluding hydrogens is 322 g/mol. The van der Waals surface area contributed by atoms with E-state index >= 15 is 0 Å². The molecule has 0 unspecified atom stereocenters. The number of nitrogens with zero attached hydrogens (tertiary/aromatic N) is 2. The third kappa shape index (κ3) is 3.21. The fourth-order valence-electron chi connectivity index (χ4n) is 2.95. The Balaban J connectivity index is 2.05. The number of hydrogen-bond acceptors (Lipinski definition) is 7. The molecule has 1 saturated heterocycles. The molecule has 0 spiro atoms. The second kappa shape index (κ2) is 6.95. The smallest absolute Gasteiger partial charge is 0.341 e. The number of aryl methyl sites for hydroxylation is 1. The van der Waals surface area contributed by atoms with E-state index in [-0.39, 0.29) is 18.3 Å². The Hall–Kier alpha value is -2.85. The summed E-state index contributed by atoms with van der Waals surface area (Å²) in [5.41, 5.74) is 7.99. The number of furan rings is 1. The highest BCUT2D eigenvalue weighted by molar-refractivity contribution is 5.91. The van der Waals surface area contributed by atoms with Crippen LogP contribution in [0.4, 0.5) is 5.82 Å². The summed E-state index contributed by atoms with van der Waals surface area (Å²) in [5.74, 6) is 0.662. The molecular formula is C18H19N3O4. The van der Waals surface area contributed by atoms with Gasteiger partial charge < -0.3 is 19.6 Å². The summed E-state index contributed by atoms with van der Waals surface area (Å²) in [6.45, 7) is 4.91. The monoisotopic (exact) mass is 341 g/mol. The fraction of sp³-hybridized carbons (Fsp3) is 0.389. The van der Waals surface area contributed by atoms with E-state index in [0.717, 1.165) is 12.0 Å². The molecule has 1 aliphatic heterocycles. The zero-order valence-corrected chi connectivity index (χ0v) is 14.2. The van der Waals surface area contributed by atoms with E-state index < -0.39 is 5.97 Å². The van der Waals surface area contributed by atoms with E-state index in [0.29, 0.717) is 41.6 Å². The van der Waals surface area contributed by atoms with Crippen molar-refractivity contribution in [3.05, 3.63) is 34.6 Å². The number of hydrogen-bond donors (Lipinski definition) is 1. The fourth-order valence-corrected chi connectivity index (χ4v) is 2.95. The Morgan fingerprint density at radius 1 is 1.52 bits per heavy atom. The zero-order valence-electron chi connectivity index (χ0n) is 14.2. The molecule has 7 heteroatoms. The van der Waals surface area contributed by atoms with Crippen molar-refractivity contribution >= 4 is 11.8 Å². The van der Waals surface area contributed by atoms with E-state index in [4.69, 9.17) is 19.6 Å². The Morgan fingerprint density at radius 2 is 2.32 bits per heavy atom. The van der Waals surface area contributed by atoms with E-state index in [9.17, 15) is 10.1 Å². The largest absolute Gasteiger partial charge is 0.462 e. The molecule has 7 nitrogen and oxygen atoms in total. The van der Waals surface area contributed by atoms with Gasteiger partial charge in [-0.25, -0.2) is 9.78 Å². The van der Waals surface area contributed by atoms with Crippen LogP contribution in [0.3, 0.4) is 0 Å². The van der Waals surface area contributed by atoms with Gasteiger partial charge in [0.1, 0.15) is 28.9 Å². The van der Waals surface area contributed by atoms with E-state index in [2.05, 4.69) is 11.1 Å². The molecule has 2 N–H and O–H groups in total. The lowest BCUT2D eigenvalue weighted by Gasteiger charge is -2.13. The van der Waals surface area contributed by atoms with Crippen molar-refractivity contribution in [1.82, 2.24) is 4.98 Å². The molecule has 1 aliphatic rings. The maximum atomic E-state index is 12.0. The van der Waals surface area contributed by atoms with Crippen LogP contribution in [0.2, 0.25) is 0 Å². The van der Waals surface area contributed by atoms with Crippen molar-refractivity contribution in [2.45, 2.75) is 26.2 Å². The Labute approximate surface area is 145 Å². The van der Waals surface area contributed by atoms with Crippen molar-refractivity contribution in [2.24, 2.45) is 0 Å². The molecule has 0 bridgehead atoms. The molecule has 130 valence electrons. The van der Waals surface area contributed by atoms with Gasteiger partial charge in [-0.15, -0.1) is 0 Å². The number of rotatable bonds is 4. The molecule has 2 aromatic rings. The summed E-state index contributed by atoms with van der Waals surface area (Å²) in [6, 6.07) is 5.51. The highest BCUT2D eigenvalue weighted by atomic mass is 16.5. The van der Waals surface area contributed by atoms with Crippen LogP contribution in [-0.4, -0.2) is 30.8 Å².